The number of aromatic nitrogens is 1. The Morgan fingerprint density at radius 3 is 2.75 bits per heavy atom. The van der Waals surface area contributed by atoms with Crippen LogP contribution in [0.4, 0.5) is 0 Å². The monoisotopic (exact) mass is 264 g/mol. The van der Waals surface area contributed by atoms with Crippen LogP contribution in [0.15, 0.2) is 48.5 Å². The average molecular weight is 264 g/mol. The van der Waals surface area contributed by atoms with Gasteiger partial charge in [0.2, 0.25) is 0 Å². The number of hydrogen-bond acceptors (Lipinski definition) is 3. The number of benzene rings is 1. The van der Waals surface area contributed by atoms with Crippen molar-refractivity contribution >= 4 is 11.9 Å². The minimum Gasteiger partial charge on any atom is -0.312 e. The maximum Gasteiger partial charge on any atom is 0.150 e. The van der Waals surface area contributed by atoms with Gasteiger partial charge in [-0.05, 0) is 36.7 Å². The third kappa shape index (κ3) is 2.68. The highest BCUT2D eigenvalue weighted by Gasteiger charge is 2.08. The van der Waals surface area contributed by atoms with Crippen LogP contribution in [0.25, 0.3) is 16.8 Å². The minimum atomic E-state index is 0.674. The Bertz CT molecular complexity index is 662. The third-order valence-corrected chi connectivity index (χ3v) is 3.42. The first-order valence-corrected chi connectivity index (χ1v) is 6.79. The fraction of sp³-hybridized carbons (Fsp3) is 0.176. The Hall–Kier alpha value is -2.26. The first kappa shape index (κ1) is 12.8. The van der Waals surface area contributed by atoms with Crippen LogP contribution >= 0.6 is 0 Å². The van der Waals surface area contributed by atoms with E-state index in [2.05, 4.69) is 11.4 Å². The molecule has 0 spiro atoms. The summed E-state index contributed by atoms with van der Waals surface area (Å²) in [5, 5.41) is 3.36. The Morgan fingerprint density at radius 2 is 1.95 bits per heavy atom. The summed E-state index contributed by atoms with van der Waals surface area (Å²) in [4.78, 5) is 15.6. The van der Waals surface area contributed by atoms with Gasteiger partial charge in [-0.1, -0.05) is 30.3 Å². The number of carbonyl (C=O) groups is 1. The maximum absolute atomic E-state index is 10.9. The number of carbonyl (C=O) groups excluding carboxylic acids is 1. The zero-order chi connectivity index (χ0) is 13.8. The van der Waals surface area contributed by atoms with Crippen LogP contribution in [0.2, 0.25) is 0 Å². The summed E-state index contributed by atoms with van der Waals surface area (Å²) in [5.41, 5.74) is 4.79. The second kappa shape index (κ2) is 5.80. The van der Waals surface area contributed by atoms with Crippen LogP contribution < -0.4 is 5.32 Å². The van der Waals surface area contributed by atoms with Gasteiger partial charge in [0.15, 0.2) is 0 Å². The maximum atomic E-state index is 10.9. The van der Waals surface area contributed by atoms with Crippen molar-refractivity contribution in [2.45, 2.75) is 6.42 Å². The van der Waals surface area contributed by atoms with Crippen molar-refractivity contribution in [1.82, 2.24) is 10.3 Å². The molecule has 1 aromatic carbocycles. The van der Waals surface area contributed by atoms with Crippen LogP contribution in [0.5, 0.6) is 0 Å². The first-order valence-electron chi connectivity index (χ1n) is 6.79. The van der Waals surface area contributed by atoms with Gasteiger partial charge in [-0.2, -0.15) is 0 Å². The molecule has 20 heavy (non-hydrogen) atoms. The zero-order valence-corrected chi connectivity index (χ0v) is 11.2. The molecule has 3 heteroatoms. The molecule has 0 bridgehead atoms. The van der Waals surface area contributed by atoms with Gasteiger partial charge in [-0.15, -0.1) is 0 Å². The van der Waals surface area contributed by atoms with Crippen molar-refractivity contribution in [3.8, 4) is 11.3 Å². The van der Waals surface area contributed by atoms with Crippen molar-refractivity contribution < 1.29 is 4.79 Å². The molecule has 3 rings (SSSR count). The molecule has 1 aliphatic heterocycles. The largest absolute Gasteiger partial charge is 0.312 e. The molecule has 0 saturated heterocycles. The standard InChI is InChI=1S/C17H16N2O/c20-12-13-4-1-5-14(10-13)16-7-2-8-17(19-16)15-6-3-9-18-11-15/h1-2,4-8,10,12,18H,3,9,11H2. The van der Waals surface area contributed by atoms with Gasteiger partial charge in [-0.25, -0.2) is 4.98 Å². The minimum absolute atomic E-state index is 0.674. The summed E-state index contributed by atoms with van der Waals surface area (Å²) in [6, 6.07) is 13.6. The van der Waals surface area contributed by atoms with Crippen LogP contribution in [0.3, 0.4) is 0 Å². The number of pyridine rings is 1. The fourth-order valence-corrected chi connectivity index (χ4v) is 2.38. The Balaban J connectivity index is 1.98. The van der Waals surface area contributed by atoms with Crippen molar-refractivity contribution in [3.05, 3.63) is 59.8 Å². The van der Waals surface area contributed by atoms with E-state index in [0.29, 0.717) is 5.56 Å². The lowest BCUT2D eigenvalue weighted by Crippen LogP contribution is -2.21. The Kier molecular flexibility index (Phi) is 3.70. The van der Waals surface area contributed by atoms with E-state index in [1.54, 1.807) is 6.07 Å². The summed E-state index contributed by atoms with van der Waals surface area (Å²) in [6.45, 7) is 1.90. The second-order valence-electron chi connectivity index (χ2n) is 4.85. The lowest BCUT2D eigenvalue weighted by atomic mass is 10.0. The van der Waals surface area contributed by atoms with E-state index >= 15 is 0 Å². The summed E-state index contributed by atoms with van der Waals surface area (Å²) >= 11 is 0. The molecule has 0 amide bonds. The van der Waals surface area contributed by atoms with Crippen molar-refractivity contribution in [2.24, 2.45) is 0 Å². The smallest absolute Gasteiger partial charge is 0.150 e. The van der Waals surface area contributed by atoms with Gasteiger partial charge < -0.3 is 5.32 Å². The molecule has 1 aromatic heterocycles. The number of hydrogen-bond donors (Lipinski definition) is 1. The van der Waals surface area contributed by atoms with Crippen LogP contribution in [-0.4, -0.2) is 24.4 Å². The molecule has 0 atom stereocenters. The molecule has 0 unspecified atom stereocenters. The molecule has 100 valence electrons. The molecule has 1 N–H and O–H groups in total. The Labute approximate surface area is 118 Å². The van der Waals surface area contributed by atoms with Crippen LogP contribution in [0, 0.1) is 0 Å². The molecule has 1 aliphatic rings. The zero-order valence-electron chi connectivity index (χ0n) is 11.2. The normalized spacial score (nSPS) is 14.7. The van der Waals surface area contributed by atoms with Crippen molar-refractivity contribution in [2.75, 3.05) is 13.1 Å². The van der Waals surface area contributed by atoms with Gasteiger partial charge in [-0.3, -0.25) is 4.79 Å². The average Bonchev–Trinajstić information content (AvgIpc) is 2.56. The highest BCUT2D eigenvalue weighted by Crippen LogP contribution is 2.21. The van der Waals surface area contributed by atoms with Crippen molar-refractivity contribution in [1.29, 1.82) is 0 Å². The number of nitrogens with zero attached hydrogens (tertiary/aromatic N) is 1. The molecular formula is C17H16N2O. The van der Waals surface area contributed by atoms with Gasteiger partial charge >= 0.3 is 0 Å². The van der Waals surface area contributed by atoms with Gasteiger partial charge in [0.05, 0.1) is 11.4 Å². The quantitative estimate of drug-likeness (QED) is 0.867. The lowest BCUT2D eigenvalue weighted by molar-refractivity contribution is 0.112. The molecule has 0 saturated carbocycles. The number of nitrogens with one attached hydrogen (secondary N) is 1. The molecule has 0 radical (unpaired) electrons. The lowest BCUT2D eigenvalue weighted by Gasteiger charge is -2.14. The van der Waals surface area contributed by atoms with E-state index in [-0.39, 0.29) is 0 Å². The van der Waals surface area contributed by atoms with E-state index in [4.69, 9.17) is 4.98 Å². The van der Waals surface area contributed by atoms with Gasteiger partial charge in [0.1, 0.15) is 6.29 Å². The topological polar surface area (TPSA) is 42.0 Å². The highest BCUT2D eigenvalue weighted by molar-refractivity contribution is 5.78. The van der Waals surface area contributed by atoms with E-state index < -0.39 is 0 Å². The van der Waals surface area contributed by atoms with Gasteiger partial charge in [0, 0.05) is 17.7 Å². The van der Waals surface area contributed by atoms with E-state index in [1.165, 1.54) is 5.57 Å². The molecule has 2 heterocycles. The molecule has 0 fully saturated rings. The second-order valence-corrected chi connectivity index (χ2v) is 4.85. The summed E-state index contributed by atoms with van der Waals surface area (Å²) in [6.07, 6.45) is 4.15. The highest BCUT2D eigenvalue weighted by atomic mass is 16.1. The predicted molar refractivity (Wildman–Crippen MR) is 80.5 cm³/mol. The van der Waals surface area contributed by atoms with Crippen LogP contribution in [0.1, 0.15) is 22.5 Å². The first-order chi connectivity index (χ1) is 9.86. The predicted octanol–water partition coefficient (Wildman–Crippen LogP) is 2.94. The number of rotatable bonds is 3. The van der Waals surface area contributed by atoms with E-state index in [0.717, 1.165) is 42.7 Å². The SMILES string of the molecule is O=Cc1cccc(-c2cccc(C3=CCCNC3)n2)c1. The number of aldehydes is 1. The van der Waals surface area contributed by atoms with Crippen LogP contribution in [-0.2, 0) is 0 Å². The molecule has 3 nitrogen and oxygen atoms in total. The van der Waals surface area contributed by atoms with E-state index in [9.17, 15) is 4.79 Å². The molecule has 2 aromatic rings. The summed E-state index contributed by atoms with van der Waals surface area (Å²) in [7, 11) is 0. The summed E-state index contributed by atoms with van der Waals surface area (Å²) < 4.78 is 0. The van der Waals surface area contributed by atoms with Crippen molar-refractivity contribution in [3.63, 3.8) is 0 Å². The summed E-state index contributed by atoms with van der Waals surface area (Å²) in [5.74, 6) is 0. The third-order valence-electron chi connectivity index (χ3n) is 3.42. The molecular weight excluding hydrogens is 248 g/mol. The van der Waals surface area contributed by atoms with E-state index in [1.807, 2.05) is 36.4 Å². The molecule has 0 aliphatic carbocycles. The van der Waals surface area contributed by atoms with Gasteiger partial charge in [0.25, 0.3) is 0 Å². The Morgan fingerprint density at radius 1 is 1.10 bits per heavy atom. The fourth-order valence-electron chi connectivity index (χ4n) is 2.38.